The fraction of sp³-hybridized carbons (Fsp3) is 0.308. The highest BCUT2D eigenvalue weighted by Gasteiger charge is 2.46. The van der Waals surface area contributed by atoms with Crippen LogP contribution in [0.5, 0.6) is 11.5 Å². The number of hydrogen-bond acceptors (Lipinski definition) is 6. The average Bonchev–Trinajstić information content (AvgIpc) is 3.31. The third-order valence-corrected chi connectivity index (χ3v) is 5.79. The molecule has 0 aliphatic carbocycles. The number of aliphatic hydroxyl groups is 1. The third kappa shape index (κ3) is 4.36. The van der Waals surface area contributed by atoms with Crippen molar-refractivity contribution >= 4 is 17.4 Å². The van der Waals surface area contributed by atoms with Gasteiger partial charge in [0.2, 0.25) is 0 Å². The molecule has 0 aromatic heterocycles. The molecule has 2 aliphatic rings. The Morgan fingerprint density at radius 2 is 2.09 bits per heavy atom. The van der Waals surface area contributed by atoms with E-state index in [1.54, 1.807) is 36.4 Å². The number of likely N-dealkylation sites (tertiary alicyclic amines) is 1. The van der Waals surface area contributed by atoms with Crippen molar-refractivity contribution in [1.82, 2.24) is 4.90 Å². The maximum absolute atomic E-state index is 13.1. The predicted molar refractivity (Wildman–Crippen MR) is 123 cm³/mol. The molecule has 0 bridgehead atoms. The Hall–Kier alpha value is -3.58. The molecular weight excluding hydrogens is 422 g/mol. The molecule has 4 rings (SSSR count). The molecule has 2 atom stereocenters. The van der Waals surface area contributed by atoms with E-state index in [1.807, 2.05) is 19.1 Å². The predicted octanol–water partition coefficient (Wildman–Crippen LogP) is 3.64. The van der Waals surface area contributed by atoms with Crippen molar-refractivity contribution in [3.05, 3.63) is 77.4 Å². The van der Waals surface area contributed by atoms with Gasteiger partial charge in [0, 0.05) is 25.6 Å². The van der Waals surface area contributed by atoms with E-state index in [0.29, 0.717) is 29.9 Å². The Morgan fingerprint density at radius 1 is 1.27 bits per heavy atom. The van der Waals surface area contributed by atoms with Crippen molar-refractivity contribution in [2.45, 2.75) is 25.5 Å². The van der Waals surface area contributed by atoms with E-state index >= 15 is 0 Å². The van der Waals surface area contributed by atoms with Crippen LogP contribution in [-0.2, 0) is 20.7 Å². The summed E-state index contributed by atoms with van der Waals surface area (Å²) in [6, 6.07) is 11.7. The molecule has 33 heavy (non-hydrogen) atoms. The molecule has 2 aliphatic heterocycles. The first-order valence-electron chi connectivity index (χ1n) is 10.9. The first-order valence-corrected chi connectivity index (χ1v) is 10.9. The summed E-state index contributed by atoms with van der Waals surface area (Å²) in [5.41, 5.74) is 2.13. The number of ketones is 1. The van der Waals surface area contributed by atoms with Gasteiger partial charge in [0.1, 0.15) is 30.0 Å². The molecule has 1 saturated heterocycles. The van der Waals surface area contributed by atoms with Gasteiger partial charge in [0.15, 0.2) is 0 Å². The largest absolute Gasteiger partial charge is 0.507 e. The van der Waals surface area contributed by atoms with Crippen molar-refractivity contribution in [1.29, 1.82) is 0 Å². The standard InChI is InChI=1S/C26H27NO6/c1-4-11-32-20-7-5-6-17(15-20)23-22(25(29)26(30)27(23)10-12-31-3)24(28)18-8-9-21-19(14-18)13-16(2)33-21/h4-9,14-16,23,28H,1,10-13H2,2-3H3. The van der Waals surface area contributed by atoms with Gasteiger partial charge < -0.3 is 24.2 Å². The normalized spacial score (nSPS) is 21.1. The van der Waals surface area contributed by atoms with Crippen molar-refractivity contribution in [3.8, 4) is 11.5 Å². The molecular formula is C26H27NO6. The molecule has 2 aromatic rings. The minimum atomic E-state index is -0.768. The van der Waals surface area contributed by atoms with E-state index in [2.05, 4.69) is 6.58 Å². The fourth-order valence-corrected chi connectivity index (χ4v) is 4.30. The quantitative estimate of drug-likeness (QED) is 0.287. The highest BCUT2D eigenvalue weighted by Crippen LogP contribution is 2.41. The van der Waals surface area contributed by atoms with E-state index in [9.17, 15) is 14.7 Å². The number of methoxy groups -OCH3 is 1. The minimum absolute atomic E-state index is 0.0453. The Bertz CT molecular complexity index is 1120. The number of fused-ring (bicyclic) bond motifs is 1. The summed E-state index contributed by atoms with van der Waals surface area (Å²) in [5.74, 6) is -0.264. The lowest BCUT2D eigenvalue weighted by Gasteiger charge is -2.25. The van der Waals surface area contributed by atoms with Crippen LogP contribution in [0, 0.1) is 0 Å². The van der Waals surface area contributed by atoms with Gasteiger partial charge in [-0.05, 0) is 48.4 Å². The molecule has 2 aromatic carbocycles. The van der Waals surface area contributed by atoms with Crippen molar-refractivity contribution in [3.63, 3.8) is 0 Å². The molecule has 7 heteroatoms. The highest BCUT2D eigenvalue weighted by atomic mass is 16.5. The van der Waals surface area contributed by atoms with Gasteiger partial charge in [-0.1, -0.05) is 24.8 Å². The van der Waals surface area contributed by atoms with Crippen LogP contribution in [0.3, 0.4) is 0 Å². The summed E-state index contributed by atoms with van der Waals surface area (Å²) < 4.78 is 16.5. The number of aliphatic hydroxyl groups excluding tert-OH is 1. The second kappa shape index (κ2) is 9.50. The summed E-state index contributed by atoms with van der Waals surface area (Å²) >= 11 is 0. The molecule has 0 saturated carbocycles. The van der Waals surface area contributed by atoms with Gasteiger partial charge in [0.25, 0.3) is 11.7 Å². The first kappa shape index (κ1) is 22.6. The molecule has 1 fully saturated rings. The lowest BCUT2D eigenvalue weighted by Crippen LogP contribution is -2.32. The maximum Gasteiger partial charge on any atom is 0.295 e. The van der Waals surface area contributed by atoms with Crippen LogP contribution >= 0.6 is 0 Å². The van der Waals surface area contributed by atoms with E-state index in [0.717, 1.165) is 11.3 Å². The van der Waals surface area contributed by atoms with Crippen LogP contribution in [0.25, 0.3) is 5.76 Å². The summed E-state index contributed by atoms with van der Waals surface area (Å²) in [6.07, 6.45) is 2.40. The number of benzene rings is 2. The van der Waals surface area contributed by atoms with Gasteiger partial charge >= 0.3 is 0 Å². The second-order valence-corrected chi connectivity index (χ2v) is 8.11. The lowest BCUT2D eigenvalue weighted by molar-refractivity contribution is -0.140. The Labute approximate surface area is 192 Å². The van der Waals surface area contributed by atoms with Crippen LogP contribution in [-0.4, -0.2) is 54.7 Å². The van der Waals surface area contributed by atoms with E-state index in [4.69, 9.17) is 14.2 Å². The smallest absolute Gasteiger partial charge is 0.295 e. The summed E-state index contributed by atoms with van der Waals surface area (Å²) in [5, 5.41) is 11.3. The van der Waals surface area contributed by atoms with Gasteiger partial charge in [-0.15, -0.1) is 0 Å². The molecule has 2 heterocycles. The third-order valence-electron chi connectivity index (χ3n) is 5.79. The summed E-state index contributed by atoms with van der Waals surface area (Å²) in [4.78, 5) is 27.5. The van der Waals surface area contributed by atoms with Crippen LogP contribution < -0.4 is 9.47 Å². The zero-order valence-electron chi connectivity index (χ0n) is 18.7. The van der Waals surface area contributed by atoms with Crippen LogP contribution in [0.2, 0.25) is 0 Å². The van der Waals surface area contributed by atoms with E-state index < -0.39 is 17.7 Å². The zero-order chi connectivity index (χ0) is 23.5. The number of ether oxygens (including phenoxy) is 3. The fourth-order valence-electron chi connectivity index (χ4n) is 4.30. The Morgan fingerprint density at radius 3 is 2.85 bits per heavy atom. The van der Waals surface area contributed by atoms with Crippen LogP contribution in [0.1, 0.15) is 29.7 Å². The van der Waals surface area contributed by atoms with Crippen molar-refractivity contribution < 1.29 is 28.9 Å². The number of Topliss-reactive ketones (excluding diaryl/α,β-unsaturated/α-hetero) is 1. The molecule has 0 radical (unpaired) electrons. The topological polar surface area (TPSA) is 85.3 Å². The number of hydrogen-bond donors (Lipinski definition) is 1. The molecule has 1 N–H and O–H groups in total. The monoisotopic (exact) mass is 449 g/mol. The number of nitrogens with zero attached hydrogens (tertiary/aromatic N) is 1. The molecule has 172 valence electrons. The Kier molecular flexibility index (Phi) is 6.51. The number of amides is 1. The van der Waals surface area contributed by atoms with Crippen LogP contribution in [0.15, 0.2) is 60.7 Å². The van der Waals surface area contributed by atoms with Gasteiger partial charge in [-0.25, -0.2) is 0 Å². The number of carbonyl (C=O) groups excluding carboxylic acids is 2. The number of rotatable bonds is 8. The maximum atomic E-state index is 13.1. The van der Waals surface area contributed by atoms with Gasteiger partial charge in [0.05, 0.1) is 18.2 Å². The van der Waals surface area contributed by atoms with Crippen molar-refractivity contribution in [2.24, 2.45) is 0 Å². The van der Waals surface area contributed by atoms with Gasteiger partial charge in [-0.3, -0.25) is 9.59 Å². The first-order chi connectivity index (χ1) is 15.9. The van der Waals surface area contributed by atoms with Gasteiger partial charge in [-0.2, -0.15) is 0 Å². The Balaban J connectivity index is 1.81. The molecule has 7 nitrogen and oxygen atoms in total. The van der Waals surface area contributed by atoms with E-state index in [-0.39, 0.29) is 30.6 Å². The SMILES string of the molecule is C=CCOc1cccc(C2C(=C(O)c3ccc4c(c3)CC(C)O4)C(=O)C(=O)N2CCOC)c1. The van der Waals surface area contributed by atoms with Crippen molar-refractivity contribution in [2.75, 3.05) is 26.9 Å². The van der Waals surface area contributed by atoms with Crippen LogP contribution in [0.4, 0.5) is 0 Å². The average molecular weight is 450 g/mol. The highest BCUT2D eigenvalue weighted by molar-refractivity contribution is 6.46. The molecule has 2 unspecified atom stereocenters. The summed E-state index contributed by atoms with van der Waals surface area (Å²) in [7, 11) is 1.53. The lowest BCUT2D eigenvalue weighted by atomic mass is 9.94. The zero-order valence-corrected chi connectivity index (χ0v) is 18.7. The minimum Gasteiger partial charge on any atom is -0.507 e. The molecule has 1 amide bonds. The van der Waals surface area contributed by atoms with E-state index in [1.165, 1.54) is 12.0 Å². The number of carbonyl (C=O) groups is 2. The summed E-state index contributed by atoms with van der Waals surface area (Å²) in [6.45, 7) is 6.41. The molecule has 0 spiro atoms. The second-order valence-electron chi connectivity index (χ2n) is 8.11.